The minimum atomic E-state index is -0.138. The van der Waals surface area contributed by atoms with E-state index in [1.54, 1.807) is 7.11 Å². The summed E-state index contributed by atoms with van der Waals surface area (Å²) in [6.07, 6.45) is 0. The third kappa shape index (κ3) is 1.70. The predicted molar refractivity (Wildman–Crippen MR) is 63.5 cm³/mol. The van der Waals surface area contributed by atoms with Gasteiger partial charge in [0, 0.05) is 12.8 Å². The summed E-state index contributed by atoms with van der Waals surface area (Å²) in [7, 11) is 1.66. The van der Waals surface area contributed by atoms with Crippen molar-refractivity contribution in [3.05, 3.63) is 35.3 Å². The van der Waals surface area contributed by atoms with Gasteiger partial charge < -0.3 is 10.5 Å². The van der Waals surface area contributed by atoms with Gasteiger partial charge in [0.2, 0.25) is 0 Å². The van der Waals surface area contributed by atoms with Crippen molar-refractivity contribution in [2.45, 2.75) is 19.9 Å². The summed E-state index contributed by atoms with van der Waals surface area (Å²) in [4.78, 5) is 4.50. The molecule has 1 atom stereocenters. The van der Waals surface area contributed by atoms with Crippen molar-refractivity contribution in [3.63, 3.8) is 0 Å². The zero-order chi connectivity index (χ0) is 11.7. The van der Waals surface area contributed by atoms with E-state index in [-0.39, 0.29) is 6.04 Å². The minimum Gasteiger partial charge on any atom is -0.383 e. The summed E-state index contributed by atoms with van der Waals surface area (Å²) >= 11 is 0. The number of nitrogens with zero attached hydrogens (tertiary/aromatic N) is 2. The van der Waals surface area contributed by atoms with E-state index in [2.05, 4.69) is 22.4 Å². The minimum absolute atomic E-state index is 0.138. The zero-order valence-electron chi connectivity index (χ0n) is 9.90. The van der Waals surface area contributed by atoms with Crippen molar-refractivity contribution >= 4 is 5.65 Å². The molecule has 2 heterocycles. The van der Waals surface area contributed by atoms with Crippen molar-refractivity contribution in [1.29, 1.82) is 0 Å². The molecule has 0 aliphatic heterocycles. The molecular formula is C12H17N3O. The third-order valence-corrected chi connectivity index (χ3v) is 2.76. The van der Waals surface area contributed by atoms with Gasteiger partial charge in [0.05, 0.1) is 24.0 Å². The summed E-state index contributed by atoms with van der Waals surface area (Å²) in [6.45, 7) is 4.54. The molecule has 0 aromatic carbocycles. The lowest BCUT2D eigenvalue weighted by molar-refractivity contribution is 0.179. The molecule has 4 nitrogen and oxygen atoms in total. The van der Waals surface area contributed by atoms with Gasteiger partial charge in [0.1, 0.15) is 5.65 Å². The number of pyridine rings is 1. The van der Waals surface area contributed by atoms with Crippen LogP contribution in [0.2, 0.25) is 0 Å². The number of fused-ring (bicyclic) bond motifs is 1. The fourth-order valence-corrected chi connectivity index (χ4v) is 2.09. The molecule has 0 spiro atoms. The number of aryl methyl sites for hydroxylation is 2. The quantitative estimate of drug-likeness (QED) is 0.853. The van der Waals surface area contributed by atoms with E-state index in [4.69, 9.17) is 10.5 Å². The number of methoxy groups -OCH3 is 1. The second kappa shape index (κ2) is 4.23. The second-order valence-electron chi connectivity index (χ2n) is 4.01. The first-order chi connectivity index (χ1) is 7.65. The molecule has 0 aliphatic carbocycles. The lowest BCUT2D eigenvalue weighted by atomic mass is 10.2. The van der Waals surface area contributed by atoms with Gasteiger partial charge in [-0.25, -0.2) is 4.98 Å². The second-order valence-corrected chi connectivity index (χ2v) is 4.01. The Morgan fingerprint density at radius 1 is 1.44 bits per heavy atom. The molecule has 1 unspecified atom stereocenters. The molecule has 0 saturated carbocycles. The van der Waals surface area contributed by atoms with Crippen LogP contribution in [0.3, 0.4) is 0 Å². The molecule has 0 radical (unpaired) electrons. The van der Waals surface area contributed by atoms with Crippen LogP contribution in [0, 0.1) is 13.8 Å². The van der Waals surface area contributed by atoms with Gasteiger partial charge >= 0.3 is 0 Å². The highest BCUT2D eigenvalue weighted by Gasteiger charge is 2.16. The normalized spacial score (nSPS) is 13.2. The first-order valence-corrected chi connectivity index (χ1v) is 5.34. The maximum atomic E-state index is 6.10. The maximum absolute atomic E-state index is 6.10. The number of rotatable bonds is 3. The van der Waals surface area contributed by atoms with E-state index in [1.807, 2.05) is 19.1 Å². The fourth-order valence-electron chi connectivity index (χ4n) is 2.09. The van der Waals surface area contributed by atoms with Gasteiger partial charge in [-0.1, -0.05) is 6.07 Å². The lowest BCUT2D eigenvalue weighted by Crippen LogP contribution is -2.19. The average Bonchev–Trinajstić information content (AvgIpc) is 2.56. The summed E-state index contributed by atoms with van der Waals surface area (Å²) in [5.74, 6) is 0. The predicted octanol–water partition coefficient (Wildman–Crippen LogP) is 1.60. The van der Waals surface area contributed by atoms with Crippen molar-refractivity contribution in [1.82, 2.24) is 9.38 Å². The topological polar surface area (TPSA) is 52.5 Å². The van der Waals surface area contributed by atoms with E-state index in [9.17, 15) is 0 Å². The molecule has 2 aromatic rings. The van der Waals surface area contributed by atoms with Crippen molar-refractivity contribution in [2.75, 3.05) is 13.7 Å². The van der Waals surface area contributed by atoms with Gasteiger partial charge in [0.25, 0.3) is 0 Å². The van der Waals surface area contributed by atoms with E-state index in [1.165, 1.54) is 0 Å². The Balaban J connectivity index is 2.63. The van der Waals surface area contributed by atoms with Gasteiger partial charge in [0.15, 0.2) is 0 Å². The monoisotopic (exact) mass is 219 g/mol. The first kappa shape index (κ1) is 11.1. The highest BCUT2D eigenvalue weighted by Crippen LogP contribution is 2.20. The smallest absolute Gasteiger partial charge is 0.137 e. The molecule has 86 valence electrons. The number of hydrogen-bond donors (Lipinski definition) is 1. The van der Waals surface area contributed by atoms with Crippen molar-refractivity contribution < 1.29 is 4.74 Å². The summed E-state index contributed by atoms with van der Waals surface area (Å²) in [5, 5.41) is 0. The number of ether oxygens (including phenoxy) is 1. The third-order valence-electron chi connectivity index (χ3n) is 2.76. The molecule has 2 rings (SSSR count). The molecule has 0 saturated heterocycles. The van der Waals surface area contributed by atoms with Crippen LogP contribution in [0.25, 0.3) is 5.65 Å². The van der Waals surface area contributed by atoms with Crippen LogP contribution in [-0.4, -0.2) is 23.1 Å². The van der Waals surface area contributed by atoms with Crippen LogP contribution < -0.4 is 5.73 Å². The maximum Gasteiger partial charge on any atom is 0.137 e. The summed E-state index contributed by atoms with van der Waals surface area (Å²) in [6, 6.07) is 5.91. The molecule has 4 heteroatoms. The van der Waals surface area contributed by atoms with Gasteiger partial charge in [-0.05, 0) is 26.0 Å². The molecule has 16 heavy (non-hydrogen) atoms. The Bertz CT molecular complexity index is 504. The van der Waals surface area contributed by atoms with Gasteiger partial charge in [-0.15, -0.1) is 0 Å². The SMILES string of the molecule is COCC(N)c1c(C)nc2cccc(C)n12. The Morgan fingerprint density at radius 2 is 2.19 bits per heavy atom. The summed E-state index contributed by atoms with van der Waals surface area (Å²) < 4.78 is 7.20. The number of nitrogens with two attached hydrogens (primary N) is 1. The van der Waals surface area contributed by atoms with Crippen LogP contribution in [-0.2, 0) is 4.74 Å². The van der Waals surface area contributed by atoms with Gasteiger partial charge in [-0.3, -0.25) is 4.40 Å². The average molecular weight is 219 g/mol. The number of hydrogen-bond acceptors (Lipinski definition) is 3. The Hall–Kier alpha value is -1.39. The largest absolute Gasteiger partial charge is 0.383 e. The Labute approximate surface area is 95.0 Å². The van der Waals surface area contributed by atoms with Gasteiger partial charge in [-0.2, -0.15) is 0 Å². The van der Waals surface area contributed by atoms with Crippen LogP contribution in [0.5, 0.6) is 0 Å². The van der Waals surface area contributed by atoms with Crippen molar-refractivity contribution in [3.8, 4) is 0 Å². The first-order valence-electron chi connectivity index (χ1n) is 5.34. The zero-order valence-corrected chi connectivity index (χ0v) is 9.90. The molecule has 2 N–H and O–H groups in total. The molecular weight excluding hydrogens is 202 g/mol. The molecule has 0 amide bonds. The summed E-state index contributed by atoms with van der Waals surface area (Å²) in [5.41, 5.74) is 10.2. The Kier molecular flexibility index (Phi) is 2.94. The Morgan fingerprint density at radius 3 is 2.88 bits per heavy atom. The van der Waals surface area contributed by atoms with Crippen LogP contribution >= 0.6 is 0 Å². The molecule has 0 aliphatic rings. The fraction of sp³-hybridized carbons (Fsp3) is 0.417. The van der Waals surface area contributed by atoms with E-state index in [0.717, 1.165) is 22.7 Å². The van der Waals surface area contributed by atoms with E-state index < -0.39 is 0 Å². The molecule has 0 fully saturated rings. The molecule has 0 bridgehead atoms. The number of aromatic nitrogens is 2. The van der Waals surface area contributed by atoms with Crippen LogP contribution in [0.15, 0.2) is 18.2 Å². The highest BCUT2D eigenvalue weighted by molar-refractivity contribution is 5.45. The number of imidazole rings is 1. The van der Waals surface area contributed by atoms with Crippen molar-refractivity contribution in [2.24, 2.45) is 5.73 Å². The molecule has 2 aromatic heterocycles. The standard InChI is InChI=1S/C12H17N3O/c1-8-5-4-6-11-14-9(2)12(15(8)11)10(13)7-16-3/h4-6,10H,7,13H2,1-3H3. The lowest BCUT2D eigenvalue weighted by Gasteiger charge is -2.13. The van der Waals surface area contributed by atoms with Crippen LogP contribution in [0.4, 0.5) is 0 Å². The highest BCUT2D eigenvalue weighted by atomic mass is 16.5. The van der Waals surface area contributed by atoms with Crippen LogP contribution in [0.1, 0.15) is 23.1 Å². The van der Waals surface area contributed by atoms with E-state index in [0.29, 0.717) is 6.61 Å². The van der Waals surface area contributed by atoms with E-state index >= 15 is 0 Å².